The van der Waals surface area contributed by atoms with Gasteiger partial charge in [0.15, 0.2) is 0 Å². The van der Waals surface area contributed by atoms with Crippen molar-refractivity contribution in [3.8, 4) is 0 Å². The predicted octanol–water partition coefficient (Wildman–Crippen LogP) is 3.39. The van der Waals surface area contributed by atoms with E-state index in [0.29, 0.717) is 5.92 Å². The van der Waals surface area contributed by atoms with Gasteiger partial charge in [0.05, 0.1) is 0 Å². The van der Waals surface area contributed by atoms with Crippen LogP contribution in [0.4, 0.5) is 0 Å². The van der Waals surface area contributed by atoms with E-state index < -0.39 is 0 Å². The van der Waals surface area contributed by atoms with Gasteiger partial charge < -0.3 is 10.6 Å². The van der Waals surface area contributed by atoms with E-state index in [2.05, 4.69) is 44.7 Å². The molecule has 0 amide bonds. The van der Waals surface area contributed by atoms with E-state index in [0.717, 1.165) is 19.0 Å². The van der Waals surface area contributed by atoms with Crippen molar-refractivity contribution in [3.63, 3.8) is 0 Å². The molecule has 1 aliphatic rings. The number of benzene rings is 1. The highest BCUT2D eigenvalue weighted by molar-refractivity contribution is 5.40. The van der Waals surface area contributed by atoms with Crippen LogP contribution in [-0.4, -0.2) is 31.1 Å². The average Bonchev–Trinajstić information content (AvgIpc) is 2.36. The second-order valence-corrected chi connectivity index (χ2v) is 6.75. The molecule has 0 radical (unpaired) electrons. The molecule has 2 unspecified atom stereocenters. The molecule has 0 spiro atoms. The monoisotopic (exact) mass is 274 g/mol. The molecular weight excluding hydrogens is 244 g/mol. The first kappa shape index (κ1) is 15.5. The Hall–Kier alpha value is -0.860. The van der Waals surface area contributed by atoms with E-state index >= 15 is 0 Å². The summed E-state index contributed by atoms with van der Waals surface area (Å²) in [6.07, 6.45) is 2.72. The van der Waals surface area contributed by atoms with Gasteiger partial charge in [-0.15, -0.1) is 0 Å². The quantitative estimate of drug-likeness (QED) is 0.912. The lowest BCUT2D eigenvalue weighted by molar-refractivity contribution is 0.174. The van der Waals surface area contributed by atoms with Crippen molar-refractivity contribution in [2.75, 3.05) is 26.2 Å². The molecule has 2 rings (SSSR count). The Labute approximate surface area is 124 Å². The van der Waals surface area contributed by atoms with Gasteiger partial charge in [-0.3, -0.25) is 0 Å². The van der Waals surface area contributed by atoms with Gasteiger partial charge in [0.25, 0.3) is 0 Å². The third-order valence-corrected chi connectivity index (χ3v) is 4.65. The molecular formula is C18H30N2. The molecule has 20 heavy (non-hydrogen) atoms. The molecule has 1 fully saturated rings. The van der Waals surface area contributed by atoms with Crippen LogP contribution in [0.1, 0.15) is 47.9 Å². The van der Waals surface area contributed by atoms with Gasteiger partial charge in [-0.25, -0.2) is 0 Å². The molecule has 2 N–H and O–H groups in total. The molecule has 2 nitrogen and oxygen atoms in total. The van der Waals surface area contributed by atoms with Crippen molar-refractivity contribution in [2.45, 2.75) is 46.5 Å². The Morgan fingerprint density at radius 2 is 1.90 bits per heavy atom. The molecule has 1 heterocycles. The van der Waals surface area contributed by atoms with Crippen LogP contribution in [0.2, 0.25) is 0 Å². The molecule has 1 aliphatic heterocycles. The lowest BCUT2D eigenvalue weighted by atomic mass is 9.88. The van der Waals surface area contributed by atoms with E-state index in [1.54, 1.807) is 0 Å². The number of aryl methyl sites for hydroxylation is 3. The first-order chi connectivity index (χ1) is 9.51. The predicted molar refractivity (Wildman–Crippen MR) is 87.3 cm³/mol. The highest BCUT2D eigenvalue weighted by atomic mass is 15.1. The second-order valence-electron chi connectivity index (χ2n) is 6.75. The summed E-state index contributed by atoms with van der Waals surface area (Å²) in [5.41, 5.74) is 11.8. The summed E-state index contributed by atoms with van der Waals surface area (Å²) >= 11 is 0. The molecule has 1 aromatic carbocycles. The fourth-order valence-electron chi connectivity index (χ4n) is 3.88. The highest BCUT2D eigenvalue weighted by Gasteiger charge is 2.22. The molecule has 0 saturated carbocycles. The number of hydrogen-bond donors (Lipinski definition) is 1. The number of hydrogen-bond acceptors (Lipinski definition) is 2. The van der Waals surface area contributed by atoms with Gasteiger partial charge >= 0.3 is 0 Å². The summed E-state index contributed by atoms with van der Waals surface area (Å²) < 4.78 is 0. The fraction of sp³-hybridized carbons (Fsp3) is 0.667. The maximum Gasteiger partial charge on any atom is 0.00941 e. The van der Waals surface area contributed by atoms with Crippen LogP contribution in [0.15, 0.2) is 12.1 Å². The smallest absolute Gasteiger partial charge is 0.00941 e. The van der Waals surface area contributed by atoms with Gasteiger partial charge in [-0.05, 0) is 62.8 Å². The van der Waals surface area contributed by atoms with Crippen molar-refractivity contribution >= 4 is 0 Å². The standard InChI is InChI=1S/C18H30N2/c1-13-6-5-7-20(11-13)12-17(10-19)18-15(3)8-14(2)9-16(18)4/h8-9,13,17H,5-7,10-12,19H2,1-4H3. The van der Waals surface area contributed by atoms with Gasteiger partial charge in [-0.2, -0.15) is 0 Å². The van der Waals surface area contributed by atoms with E-state index in [9.17, 15) is 0 Å². The third kappa shape index (κ3) is 3.62. The molecule has 1 aromatic rings. The van der Waals surface area contributed by atoms with Gasteiger partial charge in [-0.1, -0.05) is 24.6 Å². The van der Waals surface area contributed by atoms with E-state index in [-0.39, 0.29) is 0 Å². The molecule has 0 aliphatic carbocycles. The zero-order chi connectivity index (χ0) is 14.7. The van der Waals surface area contributed by atoms with Crippen LogP contribution in [0.25, 0.3) is 0 Å². The van der Waals surface area contributed by atoms with Crippen molar-refractivity contribution in [3.05, 3.63) is 34.4 Å². The summed E-state index contributed by atoms with van der Waals surface area (Å²) in [5, 5.41) is 0. The Bertz CT molecular complexity index is 430. The zero-order valence-corrected chi connectivity index (χ0v) is 13.6. The van der Waals surface area contributed by atoms with Gasteiger partial charge in [0.1, 0.15) is 0 Å². The topological polar surface area (TPSA) is 29.3 Å². The van der Waals surface area contributed by atoms with Crippen LogP contribution in [-0.2, 0) is 0 Å². The van der Waals surface area contributed by atoms with Crippen LogP contribution < -0.4 is 5.73 Å². The van der Waals surface area contributed by atoms with Gasteiger partial charge in [0, 0.05) is 25.6 Å². The van der Waals surface area contributed by atoms with Crippen LogP contribution in [0.5, 0.6) is 0 Å². The molecule has 0 bridgehead atoms. The molecule has 0 aromatic heterocycles. The summed E-state index contributed by atoms with van der Waals surface area (Å²) in [7, 11) is 0. The first-order valence-electron chi connectivity index (χ1n) is 8.01. The van der Waals surface area contributed by atoms with Crippen molar-refractivity contribution in [1.82, 2.24) is 4.90 Å². The summed E-state index contributed by atoms with van der Waals surface area (Å²) in [4.78, 5) is 2.62. The van der Waals surface area contributed by atoms with Crippen LogP contribution in [0.3, 0.4) is 0 Å². The number of piperidine rings is 1. The SMILES string of the molecule is Cc1cc(C)c(C(CN)CN2CCCC(C)C2)c(C)c1. The molecule has 112 valence electrons. The number of nitrogens with two attached hydrogens (primary N) is 1. The number of rotatable bonds is 4. The summed E-state index contributed by atoms with van der Waals surface area (Å²) in [6.45, 7) is 13.3. The van der Waals surface area contributed by atoms with Crippen LogP contribution >= 0.6 is 0 Å². The maximum absolute atomic E-state index is 6.11. The minimum Gasteiger partial charge on any atom is -0.330 e. The highest BCUT2D eigenvalue weighted by Crippen LogP contribution is 2.27. The zero-order valence-electron chi connectivity index (χ0n) is 13.6. The molecule has 1 saturated heterocycles. The lowest BCUT2D eigenvalue weighted by Gasteiger charge is -2.34. The Morgan fingerprint density at radius 3 is 2.45 bits per heavy atom. The summed E-state index contributed by atoms with van der Waals surface area (Å²) in [6, 6.07) is 4.59. The Balaban J connectivity index is 2.16. The summed E-state index contributed by atoms with van der Waals surface area (Å²) in [5.74, 6) is 1.31. The lowest BCUT2D eigenvalue weighted by Crippen LogP contribution is -2.39. The van der Waals surface area contributed by atoms with E-state index in [1.807, 2.05) is 0 Å². The largest absolute Gasteiger partial charge is 0.330 e. The van der Waals surface area contributed by atoms with E-state index in [4.69, 9.17) is 5.73 Å². The Morgan fingerprint density at radius 1 is 1.25 bits per heavy atom. The Kier molecular flexibility index (Phi) is 5.22. The number of nitrogens with zero attached hydrogens (tertiary/aromatic N) is 1. The molecule has 2 heteroatoms. The average molecular weight is 274 g/mol. The third-order valence-electron chi connectivity index (χ3n) is 4.65. The molecule has 2 atom stereocenters. The minimum atomic E-state index is 0.473. The van der Waals surface area contributed by atoms with E-state index in [1.165, 1.54) is 48.2 Å². The normalized spacial score (nSPS) is 21.9. The second kappa shape index (κ2) is 6.73. The fourth-order valence-corrected chi connectivity index (χ4v) is 3.88. The minimum absolute atomic E-state index is 0.473. The number of likely N-dealkylation sites (tertiary alicyclic amines) is 1. The van der Waals surface area contributed by atoms with Gasteiger partial charge in [0.2, 0.25) is 0 Å². The maximum atomic E-state index is 6.11. The first-order valence-corrected chi connectivity index (χ1v) is 8.01. The van der Waals surface area contributed by atoms with Crippen molar-refractivity contribution in [1.29, 1.82) is 0 Å². The van der Waals surface area contributed by atoms with Crippen molar-refractivity contribution < 1.29 is 0 Å². The van der Waals surface area contributed by atoms with Crippen molar-refractivity contribution in [2.24, 2.45) is 11.7 Å². The van der Waals surface area contributed by atoms with Crippen LogP contribution in [0, 0.1) is 26.7 Å².